The fraction of sp³-hybridized carbons (Fsp3) is 0.200. The number of nitrogens with zero attached hydrogens (tertiary/aromatic N) is 3. The van der Waals surface area contributed by atoms with Crippen LogP contribution >= 0.6 is 0 Å². The number of para-hydroxylation sites is 1. The molecule has 0 spiro atoms. The van der Waals surface area contributed by atoms with E-state index in [1.165, 1.54) is 5.56 Å². The molecular formula is C15H14N4O. The van der Waals surface area contributed by atoms with Gasteiger partial charge in [0.1, 0.15) is 17.4 Å². The summed E-state index contributed by atoms with van der Waals surface area (Å²) in [5.41, 5.74) is 8.87. The molecule has 0 saturated carbocycles. The molecule has 0 bridgehead atoms. The highest BCUT2D eigenvalue weighted by Gasteiger charge is 2.24. The summed E-state index contributed by atoms with van der Waals surface area (Å²) in [5.74, 6) is 1.45. The average molecular weight is 266 g/mol. The van der Waals surface area contributed by atoms with Crippen LogP contribution in [0.3, 0.4) is 0 Å². The topological polar surface area (TPSA) is 66.0 Å². The number of pyridine rings is 1. The van der Waals surface area contributed by atoms with E-state index >= 15 is 0 Å². The smallest absolute Gasteiger partial charge is 0.202 e. The minimum atomic E-state index is 0.0779. The van der Waals surface area contributed by atoms with Gasteiger partial charge in [-0.3, -0.25) is 4.57 Å². The highest BCUT2D eigenvalue weighted by molar-refractivity contribution is 5.73. The van der Waals surface area contributed by atoms with Crippen LogP contribution in [0.5, 0.6) is 5.75 Å². The Bertz CT molecular complexity index is 755. The maximum atomic E-state index is 5.99. The van der Waals surface area contributed by atoms with Crippen LogP contribution in [0.1, 0.15) is 5.56 Å². The van der Waals surface area contributed by atoms with Crippen molar-refractivity contribution in [1.82, 2.24) is 14.5 Å². The lowest BCUT2D eigenvalue weighted by molar-refractivity contribution is 0.211. The molecule has 2 aromatic heterocycles. The minimum Gasteiger partial charge on any atom is -0.488 e. The zero-order valence-electron chi connectivity index (χ0n) is 10.9. The second-order valence-corrected chi connectivity index (χ2v) is 4.98. The van der Waals surface area contributed by atoms with E-state index in [9.17, 15) is 0 Å². The second kappa shape index (κ2) is 4.23. The van der Waals surface area contributed by atoms with Gasteiger partial charge in [-0.1, -0.05) is 18.2 Å². The Kier molecular flexibility index (Phi) is 2.39. The number of nitrogen functional groups attached to an aromatic ring is 1. The van der Waals surface area contributed by atoms with E-state index in [2.05, 4.69) is 16.0 Å². The number of hydrogen-bond acceptors (Lipinski definition) is 4. The van der Waals surface area contributed by atoms with Crippen LogP contribution in [-0.4, -0.2) is 20.6 Å². The SMILES string of the molecule is Nc1nc2cccnc2n1CC1Cc2ccccc2O1. The van der Waals surface area contributed by atoms with Gasteiger partial charge < -0.3 is 10.5 Å². The van der Waals surface area contributed by atoms with Gasteiger partial charge in [0.05, 0.1) is 6.54 Å². The first-order valence-electron chi connectivity index (χ1n) is 6.62. The van der Waals surface area contributed by atoms with Gasteiger partial charge in [-0.2, -0.15) is 0 Å². The van der Waals surface area contributed by atoms with Crippen LogP contribution in [0.4, 0.5) is 5.95 Å². The molecule has 20 heavy (non-hydrogen) atoms. The summed E-state index contributed by atoms with van der Waals surface area (Å²) in [6.07, 6.45) is 2.72. The minimum absolute atomic E-state index is 0.0779. The number of hydrogen-bond donors (Lipinski definition) is 1. The third-order valence-corrected chi connectivity index (χ3v) is 3.63. The molecule has 100 valence electrons. The van der Waals surface area contributed by atoms with E-state index in [1.54, 1.807) is 6.20 Å². The summed E-state index contributed by atoms with van der Waals surface area (Å²) < 4.78 is 7.87. The van der Waals surface area contributed by atoms with Crippen molar-refractivity contribution < 1.29 is 4.74 Å². The fourth-order valence-electron chi connectivity index (χ4n) is 2.72. The molecule has 1 atom stereocenters. The van der Waals surface area contributed by atoms with Crippen molar-refractivity contribution in [3.05, 3.63) is 48.2 Å². The maximum Gasteiger partial charge on any atom is 0.202 e. The number of anilines is 1. The van der Waals surface area contributed by atoms with E-state index in [-0.39, 0.29) is 6.10 Å². The van der Waals surface area contributed by atoms with Crippen molar-refractivity contribution in [1.29, 1.82) is 0 Å². The zero-order chi connectivity index (χ0) is 13.5. The normalized spacial score (nSPS) is 17.1. The van der Waals surface area contributed by atoms with E-state index in [4.69, 9.17) is 10.5 Å². The molecular weight excluding hydrogens is 252 g/mol. The van der Waals surface area contributed by atoms with Crippen molar-refractivity contribution >= 4 is 17.1 Å². The lowest BCUT2D eigenvalue weighted by atomic mass is 10.1. The molecule has 0 saturated heterocycles. The number of rotatable bonds is 2. The number of fused-ring (bicyclic) bond motifs is 2. The van der Waals surface area contributed by atoms with Gasteiger partial charge in [-0.15, -0.1) is 0 Å². The van der Waals surface area contributed by atoms with Crippen molar-refractivity contribution in [2.75, 3.05) is 5.73 Å². The quantitative estimate of drug-likeness (QED) is 0.770. The van der Waals surface area contributed by atoms with Gasteiger partial charge in [-0.25, -0.2) is 9.97 Å². The van der Waals surface area contributed by atoms with Crippen LogP contribution in [0, 0.1) is 0 Å². The number of aromatic nitrogens is 3. The third-order valence-electron chi connectivity index (χ3n) is 3.63. The van der Waals surface area contributed by atoms with Crippen molar-refractivity contribution in [3.63, 3.8) is 0 Å². The van der Waals surface area contributed by atoms with Gasteiger partial charge in [0.25, 0.3) is 0 Å². The fourth-order valence-corrected chi connectivity index (χ4v) is 2.72. The molecule has 1 aliphatic heterocycles. The standard InChI is InChI=1S/C15H14N4O/c16-15-18-12-5-3-7-17-14(12)19(15)9-11-8-10-4-1-2-6-13(10)20-11/h1-7,11H,8-9H2,(H2,16,18). The molecule has 3 heterocycles. The van der Waals surface area contributed by atoms with Crippen molar-refractivity contribution in [2.45, 2.75) is 19.1 Å². The average Bonchev–Trinajstić information content (AvgIpc) is 3.00. The highest BCUT2D eigenvalue weighted by atomic mass is 16.5. The Morgan fingerprint density at radius 1 is 1.25 bits per heavy atom. The van der Waals surface area contributed by atoms with E-state index < -0.39 is 0 Å². The van der Waals surface area contributed by atoms with Gasteiger partial charge >= 0.3 is 0 Å². The van der Waals surface area contributed by atoms with Crippen molar-refractivity contribution in [2.24, 2.45) is 0 Å². The summed E-state index contributed by atoms with van der Waals surface area (Å²) in [4.78, 5) is 8.69. The predicted octanol–water partition coefficient (Wildman–Crippen LogP) is 2.02. The first kappa shape index (κ1) is 11.3. The summed E-state index contributed by atoms with van der Waals surface area (Å²) in [6, 6.07) is 11.9. The summed E-state index contributed by atoms with van der Waals surface area (Å²) in [5, 5.41) is 0. The van der Waals surface area contributed by atoms with Gasteiger partial charge in [0, 0.05) is 12.6 Å². The molecule has 2 N–H and O–H groups in total. The van der Waals surface area contributed by atoms with Crippen LogP contribution in [0.15, 0.2) is 42.6 Å². The summed E-state index contributed by atoms with van der Waals surface area (Å²) >= 11 is 0. The van der Waals surface area contributed by atoms with Gasteiger partial charge in [0.15, 0.2) is 5.65 Å². The lowest BCUT2D eigenvalue weighted by Gasteiger charge is -2.12. The number of ether oxygens (including phenoxy) is 1. The number of nitrogens with two attached hydrogens (primary N) is 1. The van der Waals surface area contributed by atoms with E-state index in [0.717, 1.165) is 23.3 Å². The second-order valence-electron chi connectivity index (χ2n) is 4.98. The lowest BCUT2D eigenvalue weighted by Crippen LogP contribution is -2.22. The molecule has 4 rings (SSSR count). The summed E-state index contributed by atoms with van der Waals surface area (Å²) in [7, 11) is 0. The largest absolute Gasteiger partial charge is 0.488 e. The molecule has 1 unspecified atom stereocenters. The Morgan fingerprint density at radius 2 is 2.15 bits per heavy atom. The van der Waals surface area contributed by atoms with Crippen LogP contribution in [0.25, 0.3) is 11.2 Å². The molecule has 0 fully saturated rings. The molecule has 0 aliphatic carbocycles. The molecule has 5 nitrogen and oxygen atoms in total. The monoisotopic (exact) mass is 266 g/mol. The number of imidazole rings is 1. The zero-order valence-corrected chi connectivity index (χ0v) is 10.9. The Balaban J connectivity index is 1.65. The van der Waals surface area contributed by atoms with E-state index in [0.29, 0.717) is 12.5 Å². The Hall–Kier alpha value is -2.56. The molecule has 0 amide bonds. The van der Waals surface area contributed by atoms with Gasteiger partial charge in [-0.05, 0) is 23.8 Å². The molecule has 3 aromatic rings. The number of benzene rings is 1. The predicted molar refractivity (Wildman–Crippen MR) is 76.5 cm³/mol. The van der Waals surface area contributed by atoms with Crippen molar-refractivity contribution in [3.8, 4) is 5.75 Å². The molecule has 0 radical (unpaired) electrons. The maximum absolute atomic E-state index is 5.99. The Morgan fingerprint density at radius 3 is 3.05 bits per heavy atom. The Labute approximate surface area is 116 Å². The molecule has 1 aliphatic rings. The molecule has 5 heteroatoms. The van der Waals surface area contributed by atoms with E-state index in [1.807, 2.05) is 34.9 Å². The highest BCUT2D eigenvalue weighted by Crippen LogP contribution is 2.29. The first-order chi connectivity index (χ1) is 9.81. The van der Waals surface area contributed by atoms with Crippen LogP contribution < -0.4 is 10.5 Å². The van der Waals surface area contributed by atoms with Gasteiger partial charge in [0.2, 0.25) is 5.95 Å². The van der Waals surface area contributed by atoms with Crippen LogP contribution in [0.2, 0.25) is 0 Å². The molecule has 1 aromatic carbocycles. The third kappa shape index (κ3) is 1.71. The van der Waals surface area contributed by atoms with Crippen LogP contribution in [-0.2, 0) is 13.0 Å². The first-order valence-corrected chi connectivity index (χ1v) is 6.62. The summed E-state index contributed by atoms with van der Waals surface area (Å²) in [6.45, 7) is 0.661.